The van der Waals surface area contributed by atoms with Gasteiger partial charge in [0.2, 0.25) is 5.82 Å². The Morgan fingerprint density at radius 1 is 1.29 bits per heavy atom. The van der Waals surface area contributed by atoms with E-state index >= 15 is 0 Å². The van der Waals surface area contributed by atoms with Crippen molar-refractivity contribution in [2.75, 3.05) is 0 Å². The van der Waals surface area contributed by atoms with Gasteiger partial charge >= 0.3 is 5.97 Å². The van der Waals surface area contributed by atoms with Crippen LogP contribution in [0.3, 0.4) is 0 Å². The molecular formula is C13H14F3NO4. The SMILES string of the molecule is CCCCC(NC(=O)c1cc(F)c(F)c(O)c1F)C(=O)O. The van der Waals surface area contributed by atoms with Gasteiger partial charge in [-0.25, -0.2) is 13.6 Å². The lowest BCUT2D eigenvalue weighted by Crippen LogP contribution is -2.41. The standard InChI is InChI=1S/C13H14F3NO4/c1-2-3-4-8(13(20)21)17-12(19)6-5-7(14)10(16)11(18)9(6)15/h5,8,18H,2-4H2,1H3,(H,17,19)(H,20,21). The van der Waals surface area contributed by atoms with E-state index in [1.807, 2.05) is 12.2 Å². The number of unbranched alkanes of at least 4 members (excludes halogenated alkanes) is 1. The minimum absolute atomic E-state index is 0.106. The van der Waals surface area contributed by atoms with Gasteiger partial charge < -0.3 is 15.5 Å². The van der Waals surface area contributed by atoms with Crippen LogP contribution in [-0.2, 0) is 4.79 Å². The van der Waals surface area contributed by atoms with Crippen LogP contribution in [0.15, 0.2) is 6.07 Å². The molecule has 0 aliphatic carbocycles. The molecule has 0 aliphatic heterocycles. The molecule has 1 unspecified atom stereocenters. The van der Waals surface area contributed by atoms with Crippen molar-refractivity contribution < 1.29 is 33.0 Å². The molecule has 0 saturated heterocycles. The van der Waals surface area contributed by atoms with Crippen molar-refractivity contribution in [2.45, 2.75) is 32.2 Å². The fourth-order valence-corrected chi connectivity index (χ4v) is 1.66. The van der Waals surface area contributed by atoms with E-state index in [1.165, 1.54) is 0 Å². The minimum Gasteiger partial charge on any atom is -0.503 e. The Hall–Kier alpha value is -2.25. The average molecular weight is 305 g/mol. The summed E-state index contributed by atoms with van der Waals surface area (Å²) >= 11 is 0. The molecule has 3 N–H and O–H groups in total. The number of carboxylic acids is 1. The number of hydrogen-bond acceptors (Lipinski definition) is 3. The van der Waals surface area contributed by atoms with Gasteiger partial charge in [0, 0.05) is 0 Å². The Kier molecular flexibility index (Phi) is 5.57. The van der Waals surface area contributed by atoms with Crippen LogP contribution >= 0.6 is 0 Å². The molecule has 1 aromatic carbocycles. The van der Waals surface area contributed by atoms with Gasteiger partial charge in [0.1, 0.15) is 6.04 Å². The quantitative estimate of drug-likeness (QED) is 0.703. The van der Waals surface area contributed by atoms with Gasteiger partial charge in [-0.2, -0.15) is 4.39 Å². The number of carboxylic acid groups (broad SMARTS) is 1. The third-order valence-corrected chi connectivity index (χ3v) is 2.83. The van der Waals surface area contributed by atoms with Gasteiger partial charge in [-0.3, -0.25) is 4.79 Å². The molecule has 0 spiro atoms. The molecule has 8 heteroatoms. The number of nitrogens with one attached hydrogen (secondary N) is 1. The molecular weight excluding hydrogens is 291 g/mol. The predicted molar refractivity (Wildman–Crippen MR) is 66.4 cm³/mol. The number of phenols is 1. The van der Waals surface area contributed by atoms with Gasteiger partial charge in [0.05, 0.1) is 5.56 Å². The average Bonchev–Trinajstić information content (AvgIpc) is 2.44. The Bertz CT molecular complexity index is 563. The van der Waals surface area contributed by atoms with Crippen molar-refractivity contribution >= 4 is 11.9 Å². The second-order valence-electron chi connectivity index (χ2n) is 4.39. The van der Waals surface area contributed by atoms with E-state index in [0.29, 0.717) is 12.8 Å². The maximum atomic E-state index is 13.5. The normalized spacial score (nSPS) is 12.0. The molecule has 0 aromatic heterocycles. The molecule has 0 radical (unpaired) electrons. The Labute approximate surface area is 118 Å². The zero-order chi connectivity index (χ0) is 16.2. The largest absolute Gasteiger partial charge is 0.503 e. The van der Waals surface area contributed by atoms with Crippen molar-refractivity contribution in [3.8, 4) is 5.75 Å². The number of phenolic OH excluding ortho intramolecular Hbond substituents is 1. The second kappa shape index (κ2) is 6.96. The molecule has 1 aromatic rings. The van der Waals surface area contributed by atoms with Crippen LogP contribution in [0.25, 0.3) is 0 Å². The molecule has 0 heterocycles. The van der Waals surface area contributed by atoms with Gasteiger partial charge in [-0.05, 0) is 12.5 Å². The highest BCUT2D eigenvalue weighted by Gasteiger charge is 2.26. The van der Waals surface area contributed by atoms with E-state index in [1.54, 1.807) is 0 Å². The lowest BCUT2D eigenvalue weighted by atomic mass is 10.1. The molecule has 5 nitrogen and oxygen atoms in total. The summed E-state index contributed by atoms with van der Waals surface area (Å²) in [6.45, 7) is 1.81. The zero-order valence-corrected chi connectivity index (χ0v) is 11.1. The van der Waals surface area contributed by atoms with Crippen molar-refractivity contribution in [3.63, 3.8) is 0 Å². The van der Waals surface area contributed by atoms with Crippen LogP contribution in [0.2, 0.25) is 0 Å². The van der Waals surface area contributed by atoms with Gasteiger partial charge in [-0.15, -0.1) is 0 Å². The number of rotatable bonds is 6. The fraction of sp³-hybridized carbons (Fsp3) is 0.385. The van der Waals surface area contributed by atoms with Gasteiger partial charge in [-0.1, -0.05) is 19.8 Å². The van der Waals surface area contributed by atoms with Crippen LogP contribution in [0.4, 0.5) is 13.2 Å². The highest BCUT2D eigenvalue weighted by Crippen LogP contribution is 2.25. The van der Waals surface area contributed by atoms with E-state index in [2.05, 4.69) is 0 Å². The minimum atomic E-state index is -1.81. The number of halogens is 3. The zero-order valence-electron chi connectivity index (χ0n) is 11.1. The van der Waals surface area contributed by atoms with E-state index in [4.69, 9.17) is 10.2 Å². The van der Waals surface area contributed by atoms with E-state index in [9.17, 15) is 22.8 Å². The predicted octanol–water partition coefficient (Wildman–Crippen LogP) is 2.18. The maximum absolute atomic E-state index is 13.5. The number of aromatic hydroxyl groups is 1. The van der Waals surface area contributed by atoms with Crippen LogP contribution < -0.4 is 5.32 Å². The summed E-state index contributed by atoms with van der Waals surface area (Å²) in [6, 6.07) is -1.02. The van der Waals surface area contributed by atoms with Gasteiger partial charge in [0.25, 0.3) is 5.91 Å². The van der Waals surface area contributed by atoms with E-state index in [0.717, 1.165) is 0 Å². The van der Waals surface area contributed by atoms with Crippen molar-refractivity contribution in [1.29, 1.82) is 0 Å². The van der Waals surface area contributed by atoms with Crippen molar-refractivity contribution in [2.24, 2.45) is 0 Å². The van der Waals surface area contributed by atoms with E-state index in [-0.39, 0.29) is 12.5 Å². The fourth-order valence-electron chi connectivity index (χ4n) is 1.66. The molecule has 1 atom stereocenters. The number of carbonyl (C=O) groups excluding carboxylic acids is 1. The topological polar surface area (TPSA) is 86.6 Å². The first-order chi connectivity index (χ1) is 9.79. The van der Waals surface area contributed by atoms with Gasteiger partial charge in [0.15, 0.2) is 17.4 Å². The molecule has 1 amide bonds. The molecule has 1 rings (SSSR count). The number of hydrogen-bond donors (Lipinski definition) is 3. The monoisotopic (exact) mass is 305 g/mol. The lowest BCUT2D eigenvalue weighted by Gasteiger charge is -2.14. The third kappa shape index (κ3) is 3.87. The number of aliphatic carboxylic acids is 1. The number of carbonyl (C=O) groups is 2. The summed E-state index contributed by atoms with van der Waals surface area (Å²) in [7, 11) is 0. The number of amides is 1. The first-order valence-electron chi connectivity index (χ1n) is 6.19. The van der Waals surface area contributed by atoms with E-state index < -0.39 is 46.7 Å². The molecule has 0 fully saturated rings. The Balaban J connectivity index is 3.00. The van der Waals surface area contributed by atoms with Crippen molar-refractivity contribution in [1.82, 2.24) is 5.32 Å². The first-order valence-corrected chi connectivity index (χ1v) is 6.19. The molecule has 0 aliphatic rings. The first kappa shape index (κ1) is 16.8. The smallest absolute Gasteiger partial charge is 0.326 e. The summed E-state index contributed by atoms with van der Waals surface area (Å²) in [4.78, 5) is 22.7. The molecule has 0 saturated carbocycles. The summed E-state index contributed by atoms with van der Waals surface area (Å²) in [5.41, 5.74) is -0.964. The van der Waals surface area contributed by atoms with Crippen LogP contribution in [-0.4, -0.2) is 28.1 Å². The number of benzene rings is 1. The lowest BCUT2D eigenvalue weighted by molar-refractivity contribution is -0.139. The van der Waals surface area contributed by atoms with Crippen molar-refractivity contribution in [3.05, 3.63) is 29.1 Å². The summed E-state index contributed by atoms with van der Waals surface area (Å²) in [5.74, 6) is -9.27. The molecule has 0 bridgehead atoms. The highest BCUT2D eigenvalue weighted by atomic mass is 19.2. The molecule has 21 heavy (non-hydrogen) atoms. The van der Waals surface area contributed by atoms with Crippen LogP contribution in [0, 0.1) is 17.5 Å². The summed E-state index contributed by atoms with van der Waals surface area (Å²) in [6.07, 6.45) is 1.29. The molecule has 116 valence electrons. The summed E-state index contributed by atoms with van der Waals surface area (Å²) < 4.78 is 39.5. The maximum Gasteiger partial charge on any atom is 0.326 e. The second-order valence-corrected chi connectivity index (χ2v) is 4.39. The Morgan fingerprint density at radius 2 is 1.90 bits per heavy atom. The third-order valence-electron chi connectivity index (χ3n) is 2.83. The summed E-state index contributed by atoms with van der Waals surface area (Å²) in [5, 5.41) is 19.9. The van der Waals surface area contributed by atoms with Crippen LogP contribution in [0.5, 0.6) is 5.75 Å². The Morgan fingerprint density at radius 3 is 2.43 bits per heavy atom. The highest BCUT2D eigenvalue weighted by molar-refractivity contribution is 5.97. The van der Waals surface area contributed by atoms with Crippen LogP contribution in [0.1, 0.15) is 36.5 Å².